The second kappa shape index (κ2) is 5.13. The van der Waals surface area contributed by atoms with Crippen LogP contribution in [0.25, 0.3) is 0 Å². The minimum Gasteiger partial charge on any atom is -0.467 e. The highest BCUT2D eigenvalue weighted by Gasteiger charge is 2.05. The van der Waals surface area contributed by atoms with Crippen LogP contribution in [0, 0.1) is 22.7 Å². The molecule has 0 saturated carbocycles. The van der Waals surface area contributed by atoms with Gasteiger partial charge in [0.2, 0.25) is 5.57 Å². The van der Waals surface area contributed by atoms with Crippen molar-refractivity contribution in [2.45, 2.75) is 6.92 Å². The molecule has 0 rings (SSSR count). The molecule has 4 heteroatoms. The maximum Gasteiger partial charge on any atom is 0.308 e. The van der Waals surface area contributed by atoms with Gasteiger partial charge in [0, 0.05) is 0 Å². The van der Waals surface area contributed by atoms with E-state index >= 15 is 0 Å². The Morgan fingerprint density at radius 1 is 1.36 bits per heavy atom. The quantitative estimate of drug-likeness (QED) is 0.445. The Morgan fingerprint density at radius 2 is 1.91 bits per heavy atom. The highest BCUT2D eigenvalue weighted by molar-refractivity contribution is 5.35. The third-order valence-electron chi connectivity index (χ3n) is 0.889. The van der Waals surface area contributed by atoms with E-state index in [0.717, 1.165) is 0 Å². The zero-order valence-electron chi connectivity index (χ0n) is 6.42. The maximum absolute atomic E-state index is 8.36. The molecule has 0 aromatic rings. The minimum atomic E-state index is -0.144. The van der Waals surface area contributed by atoms with Gasteiger partial charge in [-0.1, -0.05) is 0 Å². The number of rotatable bonds is 3. The molecule has 0 saturated heterocycles. The summed E-state index contributed by atoms with van der Waals surface area (Å²) < 4.78 is 9.49. The van der Waals surface area contributed by atoms with E-state index in [1.807, 2.05) is 0 Å². The monoisotopic (exact) mass is 152 g/mol. The van der Waals surface area contributed by atoms with Crippen LogP contribution in [0.15, 0.2) is 11.5 Å². The zero-order chi connectivity index (χ0) is 8.69. The van der Waals surface area contributed by atoms with Crippen LogP contribution in [0.5, 0.6) is 0 Å². The predicted octanol–water partition coefficient (Wildman–Crippen LogP) is 0.928. The van der Waals surface area contributed by atoms with Crippen LogP contribution in [0.2, 0.25) is 0 Å². The average molecular weight is 152 g/mol. The van der Waals surface area contributed by atoms with Crippen molar-refractivity contribution < 1.29 is 9.47 Å². The lowest BCUT2D eigenvalue weighted by molar-refractivity contribution is 0.0673. The molecular weight excluding hydrogens is 144 g/mol. The van der Waals surface area contributed by atoms with Crippen molar-refractivity contribution >= 4 is 0 Å². The van der Waals surface area contributed by atoms with Crippen LogP contribution in [0.4, 0.5) is 0 Å². The molecule has 0 bridgehead atoms. The van der Waals surface area contributed by atoms with Crippen molar-refractivity contribution in [3.05, 3.63) is 11.5 Å². The van der Waals surface area contributed by atoms with E-state index in [-0.39, 0.29) is 11.5 Å². The molecule has 0 heterocycles. The summed E-state index contributed by atoms with van der Waals surface area (Å²) in [5, 5.41) is 16.7. The van der Waals surface area contributed by atoms with Gasteiger partial charge in [0.1, 0.15) is 12.1 Å². The predicted molar refractivity (Wildman–Crippen MR) is 36.9 cm³/mol. The van der Waals surface area contributed by atoms with E-state index < -0.39 is 0 Å². The third-order valence-corrected chi connectivity index (χ3v) is 0.889. The SMILES string of the molecule is CCOC(OC)=C(C#N)C#N. The Balaban J connectivity index is 4.55. The number of nitriles is 2. The minimum absolute atomic E-state index is 0.0162. The fraction of sp³-hybridized carbons (Fsp3) is 0.429. The largest absolute Gasteiger partial charge is 0.467 e. The maximum atomic E-state index is 8.36. The summed E-state index contributed by atoms with van der Waals surface area (Å²) in [6, 6.07) is 3.31. The van der Waals surface area contributed by atoms with Gasteiger partial charge in [-0.15, -0.1) is 0 Å². The molecule has 0 spiro atoms. The van der Waals surface area contributed by atoms with Gasteiger partial charge >= 0.3 is 5.95 Å². The standard InChI is InChI=1S/C7H8N2O2/c1-3-11-7(10-2)6(4-8)5-9/h3H2,1-2H3. The highest BCUT2D eigenvalue weighted by atomic mass is 16.7. The first-order valence-electron chi connectivity index (χ1n) is 3.01. The number of hydrogen-bond acceptors (Lipinski definition) is 4. The Morgan fingerprint density at radius 3 is 2.18 bits per heavy atom. The summed E-state index contributed by atoms with van der Waals surface area (Å²) in [7, 11) is 1.35. The first kappa shape index (κ1) is 9.32. The van der Waals surface area contributed by atoms with Crippen LogP contribution in [0.1, 0.15) is 6.92 Å². The first-order chi connectivity index (χ1) is 5.29. The summed E-state index contributed by atoms with van der Waals surface area (Å²) in [6.45, 7) is 2.11. The van der Waals surface area contributed by atoms with Crippen molar-refractivity contribution in [1.82, 2.24) is 0 Å². The topological polar surface area (TPSA) is 66.0 Å². The third kappa shape index (κ3) is 2.59. The lowest BCUT2D eigenvalue weighted by atomic mass is 10.3. The van der Waals surface area contributed by atoms with Crippen LogP contribution in [-0.2, 0) is 9.47 Å². The molecule has 0 atom stereocenters. The van der Waals surface area contributed by atoms with Crippen molar-refractivity contribution in [2.75, 3.05) is 13.7 Å². The van der Waals surface area contributed by atoms with E-state index in [9.17, 15) is 0 Å². The second-order valence-electron chi connectivity index (χ2n) is 1.52. The first-order valence-corrected chi connectivity index (χ1v) is 3.01. The van der Waals surface area contributed by atoms with Crippen LogP contribution in [0.3, 0.4) is 0 Å². The molecule has 0 aliphatic heterocycles. The van der Waals surface area contributed by atoms with Crippen molar-refractivity contribution in [3.8, 4) is 12.1 Å². The Bertz CT molecular complexity index is 216. The number of methoxy groups -OCH3 is 1. The number of hydrogen-bond donors (Lipinski definition) is 0. The van der Waals surface area contributed by atoms with Gasteiger partial charge in [-0.25, -0.2) is 0 Å². The molecule has 11 heavy (non-hydrogen) atoms. The molecule has 4 nitrogen and oxygen atoms in total. The van der Waals surface area contributed by atoms with Gasteiger partial charge < -0.3 is 9.47 Å². The van der Waals surface area contributed by atoms with Crippen LogP contribution < -0.4 is 0 Å². The lowest BCUT2D eigenvalue weighted by Gasteiger charge is -2.04. The average Bonchev–Trinajstić information content (AvgIpc) is 2.05. The van der Waals surface area contributed by atoms with Crippen molar-refractivity contribution in [3.63, 3.8) is 0 Å². The molecule has 0 aromatic carbocycles. The summed E-state index contributed by atoms with van der Waals surface area (Å²) >= 11 is 0. The number of allylic oxidation sites excluding steroid dienone is 1. The molecule has 0 unspecified atom stereocenters. The van der Waals surface area contributed by atoms with Crippen molar-refractivity contribution in [1.29, 1.82) is 10.5 Å². The molecule has 0 amide bonds. The Kier molecular flexibility index (Phi) is 4.35. The van der Waals surface area contributed by atoms with Gasteiger partial charge in [0.05, 0.1) is 13.7 Å². The normalized spacial score (nSPS) is 7.27. The number of ether oxygens (including phenoxy) is 2. The second-order valence-corrected chi connectivity index (χ2v) is 1.52. The van der Waals surface area contributed by atoms with E-state index in [2.05, 4.69) is 4.74 Å². The fourth-order valence-corrected chi connectivity index (χ4v) is 0.481. The van der Waals surface area contributed by atoms with E-state index in [1.165, 1.54) is 7.11 Å². The number of nitrogens with zero attached hydrogens (tertiary/aromatic N) is 2. The molecular formula is C7H8N2O2. The van der Waals surface area contributed by atoms with Gasteiger partial charge in [0.15, 0.2) is 0 Å². The molecule has 0 aliphatic carbocycles. The van der Waals surface area contributed by atoms with E-state index in [1.54, 1.807) is 19.1 Å². The Labute approximate surface area is 65.3 Å². The molecule has 0 radical (unpaired) electrons. The smallest absolute Gasteiger partial charge is 0.308 e. The molecule has 0 fully saturated rings. The van der Waals surface area contributed by atoms with E-state index in [4.69, 9.17) is 15.3 Å². The van der Waals surface area contributed by atoms with Gasteiger partial charge in [-0.3, -0.25) is 0 Å². The molecule has 58 valence electrons. The summed E-state index contributed by atoms with van der Waals surface area (Å²) in [5.74, 6) is -0.0162. The fourth-order valence-electron chi connectivity index (χ4n) is 0.481. The highest BCUT2D eigenvalue weighted by Crippen LogP contribution is 2.04. The molecule has 0 aromatic heterocycles. The van der Waals surface area contributed by atoms with Gasteiger partial charge in [-0.2, -0.15) is 10.5 Å². The van der Waals surface area contributed by atoms with Crippen molar-refractivity contribution in [2.24, 2.45) is 0 Å². The molecule has 0 N–H and O–H groups in total. The van der Waals surface area contributed by atoms with Gasteiger partial charge in [-0.05, 0) is 6.92 Å². The summed E-state index contributed by atoms with van der Waals surface area (Å²) in [6.07, 6.45) is 0. The van der Waals surface area contributed by atoms with Crippen LogP contribution in [-0.4, -0.2) is 13.7 Å². The van der Waals surface area contributed by atoms with E-state index in [0.29, 0.717) is 6.61 Å². The summed E-state index contributed by atoms with van der Waals surface area (Å²) in [4.78, 5) is 0. The molecule has 0 aliphatic rings. The Hall–Kier alpha value is -1.68. The van der Waals surface area contributed by atoms with Crippen LogP contribution >= 0.6 is 0 Å². The summed E-state index contributed by atoms with van der Waals surface area (Å²) in [5.41, 5.74) is -0.144. The zero-order valence-corrected chi connectivity index (χ0v) is 6.42. The lowest BCUT2D eigenvalue weighted by Crippen LogP contribution is -1.97. The van der Waals surface area contributed by atoms with Gasteiger partial charge in [0.25, 0.3) is 0 Å².